The molecule has 0 spiro atoms. The molecule has 172 valence electrons. The second-order valence-corrected chi connectivity index (χ2v) is 6.82. The van der Waals surface area contributed by atoms with Crippen molar-refractivity contribution in [1.82, 2.24) is 0 Å². The van der Waals surface area contributed by atoms with E-state index in [4.69, 9.17) is 0 Å². The zero-order valence-corrected chi connectivity index (χ0v) is 16.0. The van der Waals surface area contributed by atoms with Crippen LogP contribution >= 0.6 is 0 Å². The van der Waals surface area contributed by atoms with E-state index in [2.05, 4.69) is 4.74 Å². The van der Waals surface area contributed by atoms with E-state index >= 15 is 0 Å². The third kappa shape index (κ3) is 4.20. The van der Waals surface area contributed by atoms with Gasteiger partial charge in [-0.2, -0.15) is 22.0 Å². The van der Waals surface area contributed by atoms with Gasteiger partial charge in [-0.05, 0) is 29.5 Å². The summed E-state index contributed by atoms with van der Waals surface area (Å²) < 4.78 is 141. The maximum Gasteiger partial charge on any atom is 0.429 e. The molecule has 0 radical (unpaired) electrons. The maximum atomic E-state index is 14.7. The summed E-state index contributed by atoms with van der Waals surface area (Å²) in [5, 5.41) is -1.33. The highest BCUT2D eigenvalue weighted by atomic mass is 19.4. The van der Waals surface area contributed by atoms with E-state index in [9.17, 15) is 43.9 Å². The Labute approximate surface area is 174 Å². The van der Waals surface area contributed by atoms with Crippen molar-refractivity contribution in [2.75, 3.05) is 0 Å². The minimum atomic E-state index is -5.45. The molecule has 0 N–H and O–H groups in total. The van der Waals surface area contributed by atoms with Gasteiger partial charge in [0.15, 0.2) is 11.6 Å². The van der Waals surface area contributed by atoms with Gasteiger partial charge in [0.2, 0.25) is 0 Å². The first-order valence-corrected chi connectivity index (χ1v) is 9.00. The zero-order valence-electron chi connectivity index (χ0n) is 16.0. The summed E-state index contributed by atoms with van der Waals surface area (Å²) in [6.07, 6.45) is -9.62. The molecule has 0 amide bonds. The molecule has 3 aromatic carbocycles. The van der Waals surface area contributed by atoms with Crippen LogP contribution in [0.3, 0.4) is 0 Å². The number of hydrogen-bond acceptors (Lipinski definition) is 1. The number of alkyl halides is 5. The Morgan fingerprint density at radius 1 is 0.781 bits per heavy atom. The first-order valence-electron chi connectivity index (χ1n) is 9.00. The smallest absolute Gasteiger partial charge is 0.429 e. The topological polar surface area (TPSA) is 9.23 Å². The molecule has 3 rings (SSSR count). The Morgan fingerprint density at radius 3 is 1.91 bits per heavy atom. The molecule has 11 heteroatoms. The van der Waals surface area contributed by atoms with Crippen LogP contribution in [0.4, 0.5) is 43.9 Å². The van der Waals surface area contributed by atoms with Gasteiger partial charge in [-0.3, -0.25) is 0 Å². The molecule has 0 aromatic heterocycles. The van der Waals surface area contributed by atoms with Crippen molar-refractivity contribution in [3.05, 3.63) is 76.1 Å². The summed E-state index contributed by atoms with van der Waals surface area (Å²) in [4.78, 5) is 0. The summed E-state index contributed by atoms with van der Waals surface area (Å²) in [6.45, 7) is 1.68. The van der Waals surface area contributed by atoms with E-state index in [-0.39, 0.29) is 29.5 Å². The van der Waals surface area contributed by atoms with Gasteiger partial charge in [-0.15, -0.1) is 0 Å². The number of benzene rings is 3. The molecule has 0 aliphatic rings. The molecule has 0 aliphatic carbocycles. The van der Waals surface area contributed by atoms with E-state index in [1.807, 2.05) is 0 Å². The minimum absolute atomic E-state index is 0.0941. The van der Waals surface area contributed by atoms with Crippen LogP contribution in [0.1, 0.15) is 30.0 Å². The lowest BCUT2D eigenvalue weighted by Gasteiger charge is -2.20. The zero-order chi connectivity index (χ0) is 24.0. The summed E-state index contributed by atoms with van der Waals surface area (Å²) in [7, 11) is 0. The fourth-order valence-electron chi connectivity index (χ4n) is 3.19. The lowest BCUT2D eigenvalue weighted by molar-refractivity contribution is -0.187. The quantitative estimate of drug-likeness (QED) is 0.349. The number of hydrogen-bond donors (Lipinski definition) is 0. The van der Waals surface area contributed by atoms with Crippen LogP contribution in [0.15, 0.2) is 30.3 Å². The van der Waals surface area contributed by atoms with Crippen LogP contribution in [-0.2, 0) is 18.7 Å². The van der Waals surface area contributed by atoms with Gasteiger partial charge in [0.25, 0.3) is 0 Å². The molecule has 3 aromatic rings. The Kier molecular flexibility index (Phi) is 6.05. The molecule has 0 unspecified atom stereocenters. The highest BCUT2D eigenvalue weighted by Gasteiger charge is 2.41. The first-order chi connectivity index (χ1) is 14.8. The number of rotatable bonds is 5. The van der Waals surface area contributed by atoms with Crippen LogP contribution in [-0.4, -0.2) is 0 Å². The van der Waals surface area contributed by atoms with E-state index in [0.29, 0.717) is 12.5 Å². The predicted molar refractivity (Wildman–Crippen MR) is 93.7 cm³/mol. The third-order valence-electron chi connectivity index (χ3n) is 4.58. The second-order valence-electron chi connectivity index (χ2n) is 6.82. The molecule has 0 heterocycles. The standard InChI is InChI=1S/C21H12F10O/c1-2-3-10-6-9-4-5-12(18(25)15(9)19(26)17(10)24)21(30,31)32-11-7-13(22)16(14(23)8-11)20(27,28)29/h4-8H,2-3H2,1H3. The van der Waals surface area contributed by atoms with Crippen LogP contribution in [0.25, 0.3) is 10.8 Å². The van der Waals surface area contributed by atoms with Crippen molar-refractivity contribution >= 4 is 10.8 Å². The lowest BCUT2D eigenvalue weighted by Crippen LogP contribution is -2.24. The summed E-state index contributed by atoms with van der Waals surface area (Å²) in [5.74, 6) is -10.9. The van der Waals surface area contributed by atoms with Gasteiger partial charge in [0.05, 0.1) is 5.39 Å². The third-order valence-corrected chi connectivity index (χ3v) is 4.58. The van der Waals surface area contributed by atoms with Crippen LogP contribution in [0.5, 0.6) is 5.75 Å². The Balaban J connectivity index is 2.07. The minimum Gasteiger partial charge on any atom is -0.429 e. The van der Waals surface area contributed by atoms with Crippen molar-refractivity contribution in [1.29, 1.82) is 0 Å². The molecule has 32 heavy (non-hydrogen) atoms. The number of halogens is 10. The summed E-state index contributed by atoms with van der Waals surface area (Å²) in [5.41, 5.74) is -4.04. The van der Waals surface area contributed by atoms with Gasteiger partial charge >= 0.3 is 12.3 Å². The van der Waals surface area contributed by atoms with E-state index in [0.717, 1.165) is 12.1 Å². The molecule has 0 saturated carbocycles. The van der Waals surface area contributed by atoms with Crippen molar-refractivity contribution in [3.8, 4) is 5.75 Å². The van der Waals surface area contributed by atoms with E-state index in [1.54, 1.807) is 6.92 Å². The average molecular weight is 470 g/mol. The molecule has 0 aliphatic heterocycles. The molecular formula is C21H12F10O. The molecule has 0 fully saturated rings. The molecular weight excluding hydrogens is 458 g/mol. The second kappa shape index (κ2) is 8.18. The molecule has 1 nitrogen and oxygen atoms in total. The fraction of sp³-hybridized carbons (Fsp3) is 0.238. The summed E-state index contributed by atoms with van der Waals surface area (Å²) >= 11 is 0. The highest BCUT2D eigenvalue weighted by Crippen LogP contribution is 2.40. The average Bonchev–Trinajstić information content (AvgIpc) is 2.63. The predicted octanol–water partition coefficient (Wildman–Crippen LogP) is 7.63. The normalized spacial score (nSPS) is 12.5. The highest BCUT2D eigenvalue weighted by molar-refractivity contribution is 5.85. The SMILES string of the molecule is CCCc1cc2ccc(C(F)(F)Oc3cc(F)c(C(F)(F)F)c(F)c3)c(F)c2c(F)c1F. The van der Waals surface area contributed by atoms with Gasteiger partial charge < -0.3 is 4.74 Å². The molecule has 0 saturated heterocycles. The fourth-order valence-corrected chi connectivity index (χ4v) is 3.19. The van der Waals surface area contributed by atoms with Crippen molar-refractivity contribution in [2.45, 2.75) is 32.1 Å². The van der Waals surface area contributed by atoms with Crippen LogP contribution < -0.4 is 4.74 Å². The first kappa shape index (κ1) is 23.7. The molecule has 0 atom stereocenters. The lowest BCUT2D eigenvalue weighted by atomic mass is 9.99. The van der Waals surface area contributed by atoms with E-state index < -0.39 is 63.6 Å². The number of ether oxygens (including phenoxy) is 1. The Hall–Kier alpha value is -2.98. The number of fused-ring (bicyclic) bond motifs is 1. The number of aryl methyl sites for hydroxylation is 1. The van der Waals surface area contributed by atoms with Crippen molar-refractivity contribution in [2.24, 2.45) is 0 Å². The Morgan fingerprint density at radius 2 is 1.38 bits per heavy atom. The van der Waals surface area contributed by atoms with Gasteiger partial charge in [0.1, 0.15) is 34.3 Å². The van der Waals surface area contributed by atoms with Gasteiger partial charge in [-0.1, -0.05) is 19.4 Å². The van der Waals surface area contributed by atoms with Crippen molar-refractivity contribution < 1.29 is 48.6 Å². The van der Waals surface area contributed by atoms with Crippen molar-refractivity contribution in [3.63, 3.8) is 0 Å². The largest absolute Gasteiger partial charge is 0.429 e. The maximum absolute atomic E-state index is 14.7. The van der Waals surface area contributed by atoms with Gasteiger partial charge in [0, 0.05) is 12.1 Å². The Bertz CT molecular complexity index is 1160. The van der Waals surface area contributed by atoms with E-state index in [1.165, 1.54) is 0 Å². The van der Waals surface area contributed by atoms with Gasteiger partial charge in [-0.25, -0.2) is 22.0 Å². The molecule has 0 bridgehead atoms. The monoisotopic (exact) mass is 470 g/mol. The van der Waals surface area contributed by atoms with Crippen LogP contribution in [0.2, 0.25) is 0 Å². The summed E-state index contributed by atoms with van der Waals surface area (Å²) in [6, 6.07) is 2.12. The van der Waals surface area contributed by atoms with Crippen LogP contribution in [0, 0.1) is 29.1 Å².